The monoisotopic (exact) mass is 362 g/mol. The van der Waals surface area contributed by atoms with Crippen LogP contribution in [0.2, 0.25) is 0 Å². The van der Waals surface area contributed by atoms with Gasteiger partial charge in [-0.2, -0.15) is 0 Å². The van der Waals surface area contributed by atoms with Crippen LogP contribution >= 0.6 is 11.3 Å². The van der Waals surface area contributed by atoms with Crippen LogP contribution in [0, 0.1) is 5.82 Å². The van der Waals surface area contributed by atoms with E-state index in [1.54, 1.807) is 19.1 Å². The predicted octanol–water partition coefficient (Wildman–Crippen LogP) is 3.60. The smallest absolute Gasteiger partial charge is 0.341 e. The fourth-order valence-electron chi connectivity index (χ4n) is 2.83. The quantitative estimate of drug-likeness (QED) is 0.771. The van der Waals surface area contributed by atoms with Gasteiger partial charge < -0.3 is 15.4 Å². The molecular formula is C18H19FN2O3S. The molecule has 0 fully saturated rings. The molecule has 1 heterocycles. The lowest BCUT2D eigenvalue weighted by Crippen LogP contribution is -2.22. The average Bonchev–Trinajstić information content (AvgIpc) is 3.15. The van der Waals surface area contributed by atoms with Crippen LogP contribution in [0.3, 0.4) is 0 Å². The van der Waals surface area contributed by atoms with E-state index in [-0.39, 0.29) is 24.2 Å². The third kappa shape index (κ3) is 3.99. The lowest BCUT2D eigenvalue weighted by molar-refractivity contribution is -0.114. The highest BCUT2D eigenvalue weighted by Gasteiger charge is 2.28. The van der Waals surface area contributed by atoms with Crippen LogP contribution in [-0.4, -0.2) is 25.0 Å². The third-order valence-electron chi connectivity index (χ3n) is 3.95. The van der Waals surface area contributed by atoms with Gasteiger partial charge in [-0.1, -0.05) is 0 Å². The minimum absolute atomic E-state index is 0.0243. The summed E-state index contributed by atoms with van der Waals surface area (Å²) in [5, 5.41) is 6.28. The second-order valence-electron chi connectivity index (χ2n) is 5.69. The number of aryl methyl sites for hydroxylation is 1. The second kappa shape index (κ2) is 7.65. The van der Waals surface area contributed by atoms with Gasteiger partial charge in [0.05, 0.1) is 18.7 Å². The molecule has 0 saturated carbocycles. The van der Waals surface area contributed by atoms with Crippen molar-refractivity contribution in [1.29, 1.82) is 0 Å². The molecule has 0 atom stereocenters. The maximum absolute atomic E-state index is 12.9. The van der Waals surface area contributed by atoms with Crippen molar-refractivity contribution in [2.75, 3.05) is 23.8 Å². The highest BCUT2D eigenvalue weighted by Crippen LogP contribution is 2.39. The van der Waals surface area contributed by atoms with E-state index in [4.69, 9.17) is 4.74 Å². The van der Waals surface area contributed by atoms with Gasteiger partial charge in [-0.05, 0) is 56.0 Å². The molecule has 132 valence electrons. The molecule has 1 aliphatic carbocycles. The third-order valence-corrected chi connectivity index (χ3v) is 5.16. The van der Waals surface area contributed by atoms with Crippen LogP contribution in [0.15, 0.2) is 24.3 Å². The van der Waals surface area contributed by atoms with Crippen molar-refractivity contribution in [3.63, 3.8) is 0 Å². The number of nitrogens with one attached hydrogen (secondary N) is 2. The SMILES string of the molecule is CCOC(=O)c1c(NC(=O)CNc2ccc(F)cc2)sc2c1CCC2. The minimum Gasteiger partial charge on any atom is -0.462 e. The Morgan fingerprint density at radius 1 is 1.24 bits per heavy atom. The van der Waals surface area contributed by atoms with Gasteiger partial charge in [0.2, 0.25) is 5.91 Å². The number of amides is 1. The normalized spacial score (nSPS) is 12.6. The molecule has 1 aromatic carbocycles. The molecule has 2 aromatic rings. The summed E-state index contributed by atoms with van der Waals surface area (Å²) < 4.78 is 18.0. The van der Waals surface area contributed by atoms with Gasteiger partial charge in [-0.15, -0.1) is 11.3 Å². The molecular weight excluding hydrogens is 343 g/mol. The fourth-order valence-corrected chi connectivity index (χ4v) is 4.13. The van der Waals surface area contributed by atoms with Crippen molar-refractivity contribution in [2.45, 2.75) is 26.2 Å². The number of carbonyl (C=O) groups excluding carboxylic acids is 2. The number of esters is 1. The lowest BCUT2D eigenvalue weighted by atomic mass is 10.1. The van der Waals surface area contributed by atoms with E-state index in [1.165, 1.54) is 23.5 Å². The van der Waals surface area contributed by atoms with Crippen molar-refractivity contribution in [3.8, 4) is 0 Å². The zero-order valence-electron chi connectivity index (χ0n) is 13.9. The first kappa shape index (κ1) is 17.4. The van der Waals surface area contributed by atoms with E-state index in [2.05, 4.69) is 10.6 Å². The van der Waals surface area contributed by atoms with Gasteiger partial charge in [-0.3, -0.25) is 4.79 Å². The summed E-state index contributed by atoms with van der Waals surface area (Å²) in [6.07, 6.45) is 2.79. The molecule has 0 radical (unpaired) electrons. The summed E-state index contributed by atoms with van der Waals surface area (Å²) in [6, 6.07) is 5.77. The standard InChI is InChI=1S/C18H19FN2O3S/c1-2-24-18(23)16-13-4-3-5-14(13)25-17(16)21-15(22)10-20-12-8-6-11(19)7-9-12/h6-9,20H,2-5,10H2,1H3,(H,21,22). The minimum atomic E-state index is -0.385. The first-order chi connectivity index (χ1) is 12.1. The predicted molar refractivity (Wildman–Crippen MR) is 95.8 cm³/mol. The Kier molecular flexibility index (Phi) is 5.33. The first-order valence-corrected chi connectivity index (χ1v) is 9.01. The number of thiophene rings is 1. The molecule has 0 bridgehead atoms. The number of anilines is 2. The van der Waals surface area contributed by atoms with Crippen molar-refractivity contribution < 1.29 is 18.7 Å². The maximum Gasteiger partial charge on any atom is 0.341 e. The number of hydrogen-bond donors (Lipinski definition) is 2. The van der Waals surface area contributed by atoms with Crippen LogP contribution in [0.1, 0.15) is 34.1 Å². The Hall–Kier alpha value is -2.41. The highest BCUT2D eigenvalue weighted by molar-refractivity contribution is 7.17. The van der Waals surface area contributed by atoms with E-state index < -0.39 is 0 Å². The van der Waals surface area contributed by atoms with Crippen molar-refractivity contribution in [3.05, 3.63) is 46.1 Å². The molecule has 5 nitrogen and oxygen atoms in total. The molecule has 1 aromatic heterocycles. The van der Waals surface area contributed by atoms with Crippen LogP contribution in [0.4, 0.5) is 15.1 Å². The van der Waals surface area contributed by atoms with Gasteiger partial charge in [0.25, 0.3) is 0 Å². The number of fused-ring (bicyclic) bond motifs is 1. The van der Waals surface area contributed by atoms with Gasteiger partial charge in [0.1, 0.15) is 10.8 Å². The summed E-state index contributed by atoms with van der Waals surface area (Å²) >= 11 is 1.44. The topological polar surface area (TPSA) is 67.4 Å². The molecule has 0 saturated heterocycles. The maximum atomic E-state index is 12.9. The average molecular weight is 362 g/mol. The zero-order valence-corrected chi connectivity index (χ0v) is 14.7. The number of benzene rings is 1. The largest absolute Gasteiger partial charge is 0.462 e. The van der Waals surface area contributed by atoms with Crippen LogP contribution < -0.4 is 10.6 Å². The van der Waals surface area contributed by atoms with E-state index in [0.717, 1.165) is 29.7 Å². The highest BCUT2D eigenvalue weighted by atomic mass is 32.1. The second-order valence-corrected chi connectivity index (χ2v) is 6.80. The van der Waals surface area contributed by atoms with E-state index in [1.807, 2.05) is 0 Å². The molecule has 0 unspecified atom stereocenters. The van der Waals surface area contributed by atoms with Crippen LogP contribution in [-0.2, 0) is 22.4 Å². The van der Waals surface area contributed by atoms with E-state index in [0.29, 0.717) is 22.9 Å². The molecule has 7 heteroatoms. The Morgan fingerprint density at radius 3 is 2.72 bits per heavy atom. The van der Waals surface area contributed by atoms with Gasteiger partial charge >= 0.3 is 5.97 Å². The molecule has 1 aliphatic rings. The Labute approximate surface area is 149 Å². The van der Waals surface area contributed by atoms with Crippen molar-refractivity contribution in [2.24, 2.45) is 0 Å². The summed E-state index contributed by atoms with van der Waals surface area (Å²) in [6.45, 7) is 2.08. The molecule has 3 rings (SSSR count). The number of hydrogen-bond acceptors (Lipinski definition) is 5. The van der Waals surface area contributed by atoms with Gasteiger partial charge in [-0.25, -0.2) is 9.18 Å². The number of halogens is 1. The van der Waals surface area contributed by atoms with Gasteiger partial charge in [0.15, 0.2) is 0 Å². The van der Waals surface area contributed by atoms with Gasteiger partial charge in [0, 0.05) is 10.6 Å². The molecule has 0 aliphatic heterocycles. The Morgan fingerprint density at radius 2 is 2.00 bits per heavy atom. The summed E-state index contributed by atoms with van der Waals surface area (Å²) in [5.41, 5.74) is 2.15. The molecule has 25 heavy (non-hydrogen) atoms. The lowest BCUT2D eigenvalue weighted by Gasteiger charge is -2.09. The van der Waals surface area contributed by atoms with Crippen LogP contribution in [0.25, 0.3) is 0 Å². The number of ether oxygens (including phenoxy) is 1. The molecule has 1 amide bonds. The fraction of sp³-hybridized carbons (Fsp3) is 0.333. The first-order valence-electron chi connectivity index (χ1n) is 8.19. The summed E-state index contributed by atoms with van der Waals surface area (Å²) in [7, 11) is 0. The van der Waals surface area contributed by atoms with E-state index >= 15 is 0 Å². The summed E-state index contributed by atoms with van der Waals surface area (Å²) in [4.78, 5) is 25.6. The van der Waals surface area contributed by atoms with Crippen molar-refractivity contribution in [1.82, 2.24) is 0 Å². The number of rotatable bonds is 6. The van der Waals surface area contributed by atoms with Crippen molar-refractivity contribution >= 4 is 33.9 Å². The summed E-state index contributed by atoms with van der Waals surface area (Å²) in [5.74, 6) is -0.985. The Bertz CT molecular complexity index is 786. The molecule has 2 N–H and O–H groups in total. The van der Waals surface area contributed by atoms with E-state index in [9.17, 15) is 14.0 Å². The Balaban J connectivity index is 1.68. The zero-order chi connectivity index (χ0) is 17.8. The number of carbonyl (C=O) groups is 2. The molecule has 0 spiro atoms. The van der Waals surface area contributed by atoms with Crippen LogP contribution in [0.5, 0.6) is 0 Å².